The molecule has 4 aromatic rings. The van der Waals surface area contributed by atoms with Gasteiger partial charge in [0.1, 0.15) is 12.1 Å². The highest BCUT2D eigenvalue weighted by Crippen LogP contribution is 2.27. The van der Waals surface area contributed by atoms with E-state index >= 15 is 0 Å². The SMILES string of the molecule is C=Cc1ccc(O)c(/N=c2\ncnc(Nc3nc(C=C)ccc3O)c3c[nH]cc23)n1. The average molecular weight is 399 g/mol. The lowest BCUT2D eigenvalue weighted by Crippen LogP contribution is -2.04. The molecule has 4 heterocycles. The van der Waals surface area contributed by atoms with Crippen molar-refractivity contribution >= 4 is 40.4 Å². The Bertz CT molecular complexity index is 1350. The molecule has 4 aromatic heterocycles. The lowest BCUT2D eigenvalue weighted by atomic mass is 10.3. The second kappa shape index (κ2) is 7.84. The van der Waals surface area contributed by atoms with Gasteiger partial charge in [-0.15, -0.1) is 0 Å². The fourth-order valence-electron chi connectivity index (χ4n) is 2.75. The number of anilines is 2. The average Bonchev–Trinajstić information content (AvgIpc) is 3.19. The normalized spacial score (nSPS) is 11.4. The maximum absolute atomic E-state index is 10.1. The van der Waals surface area contributed by atoms with Gasteiger partial charge in [-0.25, -0.2) is 24.9 Å². The zero-order valence-corrected chi connectivity index (χ0v) is 15.7. The summed E-state index contributed by atoms with van der Waals surface area (Å²) in [5.41, 5.74) is 1.47. The van der Waals surface area contributed by atoms with Crippen molar-refractivity contribution in [2.75, 3.05) is 5.32 Å². The molecule has 0 aliphatic carbocycles. The summed E-state index contributed by atoms with van der Waals surface area (Å²) in [6.45, 7) is 7.36. The summed E-state index contributed by atoms with van der Waals surface area (Å²) >= 11 is 0. The maximum Gasteiger partial charge on any atom is 0.197 e. The number of pyridine rings is 2. The van der Waals surface area contributed by atoms with Crippen LogP contribution in [0.25, 0.3) is 22.9 Å². The number of rotatable bonds is 5. The van der Waals surface area contributed by atoms with Crippen molar-refractivity contribution in [2.45, 2.75) is 0 Å². The summed E-state index contributed by atoms with van der Waals surface area (Å²) < 4.78 is 0. The van der Waals surface area contributed by atoms with E-state index in [9.17, 15) is 10.2 Å². The minimum absolute atomic E-state index is 0.0363. The number of aromatic nitrogens is 5. The first kappa shape index (κ1) is 18.8. The first-order valence-corrected chi connectivity index (χ1v) is 8.87. The standard InChI is InChI=1S/C21H17N7O2/c1-3-12-5-7-16(29)20(25-12)27-18-14-9-22-10-15(14)19(24-11-23-18)28-21-17(30)8-6-13(4-2)26-21/h3-11,22,29-30H,1-2H2,(H,23,24,25,26,27,28). The van der Waals surface area contributed by atoms with Crippen LogP contribution in [0.4, 0.5) is 17.5 Å². The molecule has 0 bridgehead atoms. The zero-order valence-electron chi connectivity index (χ0n) is 15.7. The molecule has 0 saturated heterocycles. The van der Waals surface area contributed by atoms with Crippen LogP contribution in [0.1, 0.15) is 11.4 Å². The predicted molar refractivity (Wildman–Crippen MR) is 114 cm³/mol. The number of nitrogens with one attached hydrogen (secondary N) is 2. The van der Waals surface area contributed by atoms with Crippen LogP contribution >= 0.6 is 0 Å². The van der Waals surface area contributed by atoms with Gasteiger partial charge in [0.15, 0.2) is 28.6 Å². The Morgan fingerprint density at radius 1 is 0.867 bits per heavy atom. The molecule has 0 unspecified atom stereocenters. The van der Waals surface area contributed by atoms with Crippen molar-refractivity contribution in [3.05, 3.63) is 73.0 Å². The van der Waals surface area contributed by atoms with Gasteiger partial charge in [0, 0.05) is 23.2 Å². The van der Waals surface area contributed by atoms with E-state index < -0.39 is 0 Å². The van der Waals surface area contributed by atoms with E-state index in [0.29, 0.717) is 33.5 Å². The van der Waals surface area contributed by atoms with E-state index in [1.54, 1.807) is 36.7 Å². The van der Waals surface area contributed by atoms with Crippen molar-refractivity contribution < 1.29 is 10.2 Å². The van der Waals surface area contributed by atoms with E-state index in [1.165, 1.54) is 18.5 Å². The molecule has 9 nitrogen and oxygen atoms in total. The Hall–Kier alpha value is -4.53. The second-order valence-corrected chi connectivity index (χ2v) is 6.16. The summed E-state index contributed by atoms with van der Waals surface area (Å²) in [7, 11) is 0. The van der Waals surface area contributed by atoms with Crippen LogP contribution in [-0.4, -0.2) is 35.1 Å². The van der Waals surface area contributed by atoms with Gasteiger partial charge in [-0.1, -0.05) is 13.2 Å². The lowest BCUT2D eigenvalue weighted by molar-refractivity contribution is 0.474. The van der Waals surface area contributed by atoms with Gasteiger partial charge in [0.25, 0.3) is 0 Å². The fraction of sp³-hybridized carbons (Fsp3) is 0. The van der Waals surface area contributed by atoms with Gasteiger partial charge in [-0.2, -0.15) is 0 Å². The van der Waals surface area contributed by atoms with Crippen LogP contribution < -0.4 is 10.8 Å². The smallest absolute Gasteiger partial charge is 0.197 e. The van der Waals surface area contributed by atoms with Gasteiger partial charge in [-0.3, -0.25) is 0 Å². The lowest BCUT2D eigenvalue weighted by Gasteiger charge is -2.07. The first-order chi connectivity index (χ1) is 14.6. The van der Waals surface area contributed by atoms with Gasteiger partial charge in [0.2, 0.25) is 0 Å². The van der Waals surface area contributed by atoms with Crippen molar-refractivity contribution in [3.8, 4) is 11.5 Å². The van der Waals surface area contributed by atoms with E-state index in [2.05, 4.69) is 48.4 Å². The molecule has 0 spiro atoms. The number of aromatic hydroxyl groups is 2. The van der Waals surface area contributed by atoms with Crippen molar-refractivity contribution in [2.24, 2.45) is 4.99 Å². The van der Waals surface area contributed by atoms with Crippen LogP contribution in [0.2, 0.25) is 0 Å². The molecule has 0 aliphatic rings. The molecule has 148 valence electrons. The highest BCUT2D eigenvalue weighted by molar-refractivity contribution is 5.92. The fourth-order valence-corrected chi connectivity index (χ4v) is 2.75. The highest BCUT2D eigenvalue weighted by atomic mass is 16.3. The summed E-state index contributed by atoms with van der Waals surface area (Å²) in [5, 5.41) is 24.5. The van der Waals surface area contributed by atoms with Crippen LogP contribution in [0.3, 0.4) is 0 Å². The minimum Gasteiger partial charge on any atom is -0.504 e. The molecular formula is C21H17N7O2. The Balaban J connectivity index is 1.87. The molecule has 0 aromatic carbocycles. The van der Waals surface area contributed by atoms with Crippen molar-refractivity contribution in [3.63, 3.8) is 0 Å². The number of H-pyrrole nitrogens is 1. The first-order valence-electron chi connectivity index (χ1n) is 8.87. The largest absolute Gasteiger partial charge is 0.504 e. The Kier molecular flexibility index (Phi) is 4.92. The molecule has 4 rings (SSSR count). The third-order valence-electron chi connectivity index (χ3n) is 4.25. The Labute approximate surface area is 170 Å². The van der Waals surface area contributed by atoms with E-state index in [0.717, 1.165) is 0 Å². The number of nitrogens with zero attached hydrogens (tertiary/aromatic N) is 5. The Morgan fingerprint density at radius 3 is 2.33 bits per heavy atom. The topological polar surface area (TPSA) is 132 Å². The molecular weight excluding hydrogens is 382 g/mol. The molecule has 30 heavy (non-hydrogen) atoms. The highest BCUT2D eigenvalue weighted by Gasteiger charge is 2.10. The van der Waals surface area contributed by atoms with Gasteiger partial charge in [-0.05, 0) is 36.4 Å². The van der Waals surface area contributed by atoms with Gasteiger partial charge < -0.3 is 20.5 Å². The van der Waals surface area contributed by atoms with Gasteiger partial charge >= 0.3 is 0 Å². The molecule has 0 radical (unpaired) electrons. The zero-order chi connectivity index (χ0) is 21.1. The van der Waals surface area contributed by atoms with Crippen LogP contribution in [0.5, 0.6) is 11.5 Å². The summed E-state index contributed by atoms with van der Waals surface area (Å²) in [5.74, 6) is 0.623. The number of aromatic amines is 1. The third kappa shape index (κ3) is 3.59. The summed E-state index contributed by atoms with van der Waals surface area (Å²) in [4.78, 5) is 24.5. The van der Waals surface area contributed by atoms with Crippen LogP contribution in [0.15, 0.2) is 61.1 Å². The quantitative estimate of drug-likeness (QED) is 0.404. The van der Waals surface area contributed by atoms with E-state index in [4.69, 9.17) is 0 Å². The Morgan fingerprint density at radius 2 is 1.57 bits per heavy atom. The minimum atomic E-state index is -0.0840. The molecule has 0 atom stereocenters. The van der Waals surface area contributed by atoms with Gasteiger partial charge in [0.05, 0.1) is 11.4 Å². The molecule has 0 aliphatic heterocycles. The van der Waals surface area contributed by atoms with Crippen LogP contribution in [-0.2, 0) is 0 Å². The third-order valence-corrected chi connectivity index (χ3v) is 4.25. The molecule has 0 saturated carbocycles. The molecule has 9 heteroatoms. The molecule has 0 amide bonds. The summed E-state index contributed by atoms with van der Waals surface area (Å²) in [6, 6.07) is 6.29. The van der Waals surface area contributed by atoms with E-state index in [-0.39, 0.29) is 23.1 Å². The summed E-state index contributed by atoms with van der Waals surface area (Å²) in [6.07, 6.45) is 7.88. The van der Waals surface area contributed by atoms with Crippen LogP contribution in [0, 0.1) is 0 Å². The predicted octanol–water partition coefficient (Wildman–Crippen LogP) is 3.42. The monoisotopic (exact) mass is 399 g/mol. The molecule has 0 fully saturated rings. The maximum atomic E-state index is 10.1. The van der Waals surface area contributed by atoms with E-state index in [1.807, 2.05) is 0 Å². The number of hydrogen-bond acceptors (Lipinski definition) is 8. The van der Waals surface area contributed by atoms with Crippen molar-refractivity contribution in [1.82, 2.24) is 24.9 Å². The molecule has 4 N–H and O–H groups in total. The second-order valence-electron chi connectivity index (χ2n) is 6.16. The van der Waals surface area contributed by atoms with Crippen molar-refractivity contribution in [1.29, 1.82) is 0 Å². The number of hydrogen-bond donors (Lipinski definition) is 4. The number of fused-ring (bicyclic) bond motifs is 1.